The predicted molar refractivity (Wildman–Crippen MR) is 91.0 cm³/mol. The molecule has 0 radical (unpaired) electrons. The number of amides is 2. The zero-order chi connectivity index (χ0) is 16.8. The Bertz CT molecular complexity index is 558. The van der Waals surface area contributed by atoms with E-state index < -0.39 is 5.97 Å². The zero-order valence-electron chi connectivity index (χ0n) is 12.6. The summed E-state index contributed by atoms with van der Waals surface area (Å²) in [5.74, 6) is -0.959. The molecule has 2 unspecified atom stereocenters. The Morgan fingerprint density at radius 3 is 2.43 bits per heavy atom. The third kappa shape index (κ3) is 4.42. The molecular formula is C15H18N2O4S2. The van der Waals surface area contributed by atoms with Gasteiger partial charge in [0, 0.05) is 25.5 Å². The highest BCUT2D eigenvalue weighted by atomic mass is 33.1. The minimum absolute atomic E-state index is 0.0252. The van der Waals surface area contributed by atoms with Gasteiger partial charge in [0.25, 0.3) is 0 Å². The number of carboxylic acid groups (broad SMARTS) is 1. The summed E-state index contributed by atoms with van der Waals surface area (Å²) in [6.07, 6.45) is 10.6. The van der Waals surface area contributed by atoms with Crippen LogP contribution in [0.4, 0.5) is 0 Å². The van der Waals surface area contributed by atoms with Crippen molar-refractivity contribution >= 4 is 39.4 Å². The second-order valence-corrected chi connectivity index (χ2v) is 7.29. The summed E-state index contributed by atoms with van der Waals surface area (Å²) in [6, 6.07) is 0.0252. The minimum Gasteiger partial charge on any atom is -0.481 e. The molecule has 1 fully saturated rings. The van der Waals surface area contributed by atoms with Crippen molar-refractivity contribution in [3.05, 3.63) is 35.9 Å². The van der Waals surface area contributed by atoms with E-state index in [1.165, 1.54) is 5.01 Å². The number of hydrogen-bond donors (Lipinski definition) is 1. The van der Waals surface area contributed by atoms with Crippen molar-refractivity contribution in [2.45, 2.75) is 37.5 Å². The van der Waals surface area contributed by atoms with Crippen LogP contribution in [0, 0.1) is 0 Å². The maximum Gasteiger partial charge on any atom is 0.303 e. The molecule has 0 aromatic carbocycles. The second-order valence-electron chi connectivity index (χ2n) is 4.93. The number of aliphatic carboxylic acids is 1. The van der Waals surface area contributed by atoms with E-state index in [0.29, 0.717) is 12.8 Å². The van der Waals surface area contributed by atoms with E-state index in [1.807, 2.05) is 29.8 Å². The zero-order valence-corrected chi connectivity index (χ0v) is 14.3. The summed E-state index contributed by atoms with van der Waals surface area (Å²) in [5.41, 5.74) is 0. The lowest BCUT2D eigenvalue weighted by atomic mass is 10.1. The SMILES string of the molecule is CCC(=O)O.O=C1CCC(=O)N1N1C=CC=CC1C1C=CSS1. The molecule has 23 heavy (non-hydrogen) atoms. The summed E-state index contributed by atoms with van der Waals surface area (Å²) in [5, 5.41) is 13.1. The molecular weight excluding hydrogens is 336 g/mol. The van der Waals surface area contributed by atoms with Crippen LogP contribution in [0.15, 0.2) is 35.9 Å². The molecule has 0 bridgehead atoms. The largest absolute Gasteiger partial charge is 0.481 e. The Labute approximate surface area is 142 Å². The molecule has 124 valence electrons. The van der Waals surface area contributed by atoms with E-state index in [1.54, 1.807) is 33.5 Å². The lowest BCUT2D eigenvalue weighted by molar-refractivity contribution is -0.154. The smallest absolute Gasteiger partial charge is 0.303 e. The van der Waals surface area contributed by atoms with Gasteiger partial charge in [0.05, 0.1) is 11.3 Å². The lowest BCUT2D eigenvalue weighted by Gasteiger charge is -2.37. The van der Waals surface area contributed by atoms with E-state index in [0.717, 1.165) is 0 Å². The fourth-order valence-electron chi connectivity index (χ4n) is 2.19. The van der Waals surface area contributed by atoms with Crippen LogP contribution in [-0.4, -0.2) is 44.2 Å². The first-order valence-electron chi connectivity index (χ1n) is 7.24. The average Bonchev–Trinajstić information content (AvgIpc) is 3.18. The minimum atomic E-state index is -0.745. The third-order valence-electron chi connectivity index (χ3n) is 3.35. The standard InChI is InChI=1S/C12H12N2O2S2.C3H6O2/c15-11-4-5-12(16)14(11)13-7-2-1-3-9(13)10-6-8-17-18-10;1-2-3(4)5/h1-3,6-10H,4-5H2;2H2,1H3,(H,4,5). The molecule has 3 aliphatic rings. The highest BCUT2D eigenvalue weighted by Crippen LogP contribution is 2.40. The van der Waals surface area contributed by atoms with E-state index in [4.69, 9.17) is 5.11 Å². The molecule has 0 aromatic rings. The van der Waals surface area contributed by atoms with Crippen molar-refractivity contribution < 1.29 is 19.5 Å². The highest BCUT2D eigenvalue weighted by molar-refractivity contribution is 8.78. The van der Waals surface area contributed by atoms with Crippen LogP contribution >= 0.6 is 21.6 Å². The Kier molecular flexibility index (Phi) is 6.35. The van der Waals surface area contributed by atoms with Crippen LogP contribution in [0.25, 0.3) is 0 Å². The van der Waals surface area contributed by atoms with Crippen molar-refractivity contribution in [2.75, 3.05) is 0 Å². The number of carboxylic acids is 1. The van der Waals surface area contributed by atoms with Gasteiger partial charge in [-0.25, -0.2) is 0 Å². The fourth-order valence-corrected chi connectivity index (χ4v) is 4.50. The van der Waals surface area contributed by atoms with Crippen LogP contribution in [0.2, 0.25) is 0 Å². The molecule has 0 spiro atoms. The van der Waals surface area contributed by atoms with Crippen molar-refractivity contribution in [3.63, 3.8) is 0 Å². The summed E-state index contributed by atoms with van der Waals surface area (Å²) < 4.78 is 0. The average molecular weight is 354 g/mol. The van der Waals surface area contributed by atoms with E-state index in [-0.39, 0.29) is 29.5 Å². The quantitative estimate of drug-likeness (QED) is 0.616. The number of carbonyl (C=O) groups excluding carboxylic acids is 2. The molecule has 6 nitrogen and oxygen atoms in total. The van der Waals surface area contributed by atoms with Gasteiger partial charge in [-0.05, 0) is 11.5 Å². The van der Waals surface area contributed by atoms with Gasteiger partial charge in [-0.2, -0.15) is 5.01 Å². The monoisotopic (exact) mass is 354 g/mol. The van der Waals surface area contributed by atoms with E-state index in [9.17, 15) is 14.4 Å². The molecule has 3 rings (SSSR count). The number of carbonyl (C=O) groups is 3. The van der Waals surface area contributed by atoms with Gasteiger partial charge in [0.1, 0.15) is 0 Å². The van der Waals surface area contributed by atoms with Gasteiger partial charge in [-0.1, -0.05) is 46.7 Å². The molecule has 2 amide bonds. The summed E-state index contributed by atoms with van der Waals surface area (Å²) in [7, 11) is 3.43. The van der Waals surface area contributed by atoms with Crippen LogP contribution in [0.3, 0.4) is 0 Å². The van der Waals surface area contributed by atoms with Crippen molar-refractivity contribution in [1.82, 2.24) is 10.0 Å². The Morgan fingerprint density at radius 2 is 1.91 bits per heavy atom. The van der Waals surface area contributed by atoms with Crippen molar-refractivity contribution in [3.8, 4) is 0 Å². The molecule has 3 heterocycles. The molecule has 2 atom stereocenters. The number of hydrogen-bond acceptors (Lipinski definition) is 6. The number of nitrogens with zero attached hydrogens (tertiary/aromatic N) is 2. The first kappa shape index (κ1) is 17.7. The van der Waals surface area contributed by atoms with Gasteiger partial charge in [-0.15, -0.1) is 0 Å². The van der Waals surface area contributed by atoms with Crippen LogP contribution in [-0.2, 0) is 14.4 Å². The van der Waals surface area contributed by atoms with Gasteiger partial charge in [-0.3, -0.25) is 19.4 Å². The maximum absolute atomic E-state index is 11.8. The number of imide groups is 1. The van der Waals surface area contributed by atoms with Gasteiger partial charge in [0.15, 0.2) is 0 Å². The fraction of sp³-hybridized carbons (Fsp3) is 0.400. The summed E-state index contributed by atoms with van der Waals surface area (Å²) in [6.45, 7) is 1.60. The molecule has 8 heteroatoms. The number of hydrazine groups is 1. The predicted octanol–water partition coefficient (Wildman–Crippen LogP) is 2.56. The van der Waals surface area contributed by atoms with Crippen LogP contribution in [0.1, 0.15) is 26.2 Å². The van der Waals surface area contributed by atoms with Crippen LogP contribution < -0.4 is 0 Å². The molecule has 1 saturated heterocycles. The normalized spacial score (nSPS) is 25.8. The highest BCUT2D eigenvalue weighted by Gasteiger charge is 2.38. The first-order valence-corrected chi connectivity index (χ1v) is 9.51. The Hall–Kier alpha value is -1.67. The molecule has 0 aliphatic carbocycles. The molecule has 0 aromatic heterocycles. The summed E-state index contributed by atoms with van der Waals surface area (Å²) in [4.78, 5) is 33.0. The Balaban J connectivity index is 0.000000338. The van der Waals surface area contributed by atoms with Crippen molar-refractivity contribution in [2.24, 2.45) is 0 Å². The van der Waals surface area contributed by atoms with E-state index >= 15 is 0 Å². The molecule has 3 aliphatic heterocycles. The van der Waals surface area contributed by atoms with Gasteiger partial charge in [0.2, 0.25) is 11.8 Å². The Morgan fingerprint density at radius 1 is 1.26 bits per heavy atom. The van der Waals surface area contributed by atoms with Gasteiger partial charge < -0.3 is 5.11 Å². The number of allylic oxidation sites excluding steroid dienone is 2. The van der Waals surface area contributed by atoms with Crippen LogP contribution in [0.5, 0.6) is 0 Å². The first-order chi connectivity index (χ1) is 11.0. The maximum atomic E-state index is 11.8. The summed E-state index contributed by atoms with van der Waals surface area (Å²) >= 11 is 0. The third-order valence-corrected chi connectivity index (χ3v) is 5.72. The lowest BCUT2D eigenvalue weighted by Crippen LogP contribution is -2.51. The molecule has 0 saturated carbocycles. The second kappa shape index (κ2) is 8.26. The van der Waals surface area contributed by atoms with Gasteiger partial charge >= 0.3 is 5.97 Å². The van der Waals surface area contributed by atoms with Crippen molar-refractivity contribution in [1.29, 1.82) is 0 Å². The molecule has 1 N–H and O–H groups in total. The topological polar surface area (TPSA) is 77.9 Å². The van der Waals surface area contributed by atoms with E-state index in [2.05, 4.69) is 6.08 Å². The number of rotatable bonds is 3.